The Labute approximate surface area is 340 Å². The van der Waals surface area contributed by atoms with Gasteiger partial charge in [-0.15, -0.1) is 0 Å². The first-order valence-corrected chi connectivity index (χ1v) is 17.0. The molecule has 1 aliphatic rings. The highest BCUT2D eigenvalue weighted by molar-refractivity contribution is 6.03. The van der Waals surface area contributed by atoms with Gasteiger partial charge in [-0.3, -0.25) is 64.0 Å². The summed E-state index contributed by atoms with van der Waals surface area (Å²) in [5, 5.41) is 5.45. The van der Waals surface area contributed by atoms with Crippen LogP contribution in [0.15, 0.2) is 58.7 Å². The second-order valence-corrected chi connectivity index (χ2v) is 13.2. The van der Waals surface area contributed by atoms with Gasteiger partial charge in [0.15, 0.2) is 0 Å². The SMILES string of the molecule is CC(C)=CC[C@@H]1C[C@](C)(/C=C/C=C(\C)C(=O)NC(N)=[NH+]CCCC[NH+]=C(N)N)[C@H](/C=C(\C)C(=O)NC(N)=[NH+]CCCC[NH+]=C(N)N)C=C1C.[Cl-].[Cl-].[Cl-].[Cl-]. The van der Waals surface area contributed by atoms with Crippen molar-refractivity contribution in [2.75, 3.05) is 26.2 Å². The van der Waals surface area contributed by atoms with Crippen LogP contribution in [0.4, 0.5) is 0 Å². The van der Waals surface area contributed by atoms with Crippen LogP contribution in [-0.4, -0.2) is 61.8 Å². The third kappa shape index (κ3) is 24.3. The van der Waals surface area contributed by atoms with E-state index < -0.39 is 0 Å². The monoisotopic (exact) mass is 824 g/mol. The van der Waals surface area contributed by atoms with Gasteiger partial charge in [0.05, 0.1) is 26.2 Å². The van der Waals surface area contributed by atoms with E-state index in [1.54, 1.807) is 19.9 Å². The Bertz CT molecular complexity index is 1410. The highest BCUT2D eigenvalue weighted by Crippen LogP contribution is 2.46. The molecule has 0 spiro atoms. The summed E-state index contributed by atoms with van der Waals surface area (Å²) in [5.41, 5.74) is 36.9. The molecule has 0 radical (unpaired) electrons. The summed E-state index contributed by atoms with van der Waals surface area (Å²) in [6.07, 6.45) is 17.5. The summed E-state index contributed by atoms with van der Waals surface area (Å²) in [6.45, 7) is 14.6. The van der Waals surface area contributed by atoms with Crippen molar-refractivity contribution in [2.24, 2.45) is 51.7 Å². The number of nitrogens with two attached hydrogens (primary N) is 6. The van der Waals surface area contributed by atoms with E-state index in [2.05, 4.69) is 76.5 Å². The fraction of sp³-hybridized carbons (Fsp3) is 0.543. The van der Waals surface area contributed by atoms with Crippen molar-refractivity contribution in [3.63, 3.8) is 0 Å². The standard InChI is InChI=1S/C35H60N12O2.4ClH/c1-23(2)13-14-27-22-35(6,15-11-12-24(3)29(48)46-33(40)44-18-9-7-16-42-31(36)37)28(20-25(27)4)21-26(5)30(49)47-34(41)45-19-10-8-17-43-32(38)39;;;;/h11-13,15,20-21,27-28H,7-10,14,16-19,22H2,1-6H3,(H4,36,37,42)(H4,38,39,43)(H3,40,44,46,48)(H3,41,45,47,49);4*1H/b15-11+,24-12+,26-21+;;;;/t27-,28+,35+;;;;/m1..../s1. The number of rotatable bonds is 17. The Balaban J connectivity index is -0.00000300. The molecule has 18 N–H and O–H groups in total. The number of carbonyl (C=O) groups is 2. The molecule has 0 saturated heterocycles. The molecule has 0 fully saturated rings. The molecule has 2 amide bonds. The summed E-state index contributed by atoms with van der Waals surface area (Å²) in [4.78, 5) is 37.6. The van der Waals surface area contributed by atoms with Crippen molar-refractivity contribution in [1.29, 1.82) is 0 Å². The quantitative estimate of drug-likeness (QED) is 0.0167. The van der Waals surface area contributed by atoms with Gasteiger partial charge in [-0.1, -0.05) is 54.5 Å². The van der Waals surface area contributed by atoms with Crippen LogP contribution < -0.4 is 115 Å². The highest BCUT2D eigenvalue weighted by Gasteiger charge is 2.36. The largest absolute Gasteiger partial charge is 1.00 e. The lowest BCUT2D eigenvalue weighted by Crippen LogP contribution is -3.00. The molecule has 0 saturated carbocycles. The van der Waals surface area contributed by atoms with E-state index in [1.165, 1.54) is 11.1 Å². The first-order chi connectivity index (χ1) is 23.0. The molecule has 0 heterocycles. The molecule has 18 heteroatoms. The van der Waals surface area contributed by atoms with Gasteiger partial charge in [0.25, 0.3) is 0 Å². The molecule has 0 aromatic heterocycles. The number of hydrogen-bond donors (Lipinski definition) is 12. The number of hydrogen-bond acceptors (Lipinski definition) is 2. The van der Waals surface area contributed by atoms with Crippen molar-refractivity contribution in [3.05, 3.63) is 58.7 Å². The summed E-state index contributed by atoms with van der Waals surface area (Å²) >= 11 is 0. The third-order valence-corrected chi connectivity index (χ3v) is 8.31. The van der Waals surface area contributed by atoms with Crippen molar-refractivity contribution >= 4 is 35.7 Å². The smallest absolute Gasteiger partial charge is 0.348 e. The molecule has 304 valence electrons. The van der Waals surface area contributed by atoms with Gasteiger partial charge >= 0.3 is 35.7 Å². The molecule has 0 bridgehead atoms. The lowest BCUT2D eigenvalue weighted by atomic mass is 9.64. The van der Waals surface area contributed by atoms with Gasteiger partial charge in [0, 0.05) is 17.1 Å². The van der Waals surface area contributed by atoms with E-state index >= 15 is 0 Å². The van der Waals surface area contributed by atoms with E-state index in [9.17, 15) is 9.59 Å². The third-order valence-electron chi connectivity index (χ3n) is 8.31. The number of halogens is 4. The summed E-state index contributed by atoms with van der Waals surface area (Å²) in [5.74, 6) is 0.501. The zero-order valence-corrected chi connectivity index (χ0v) is 35.0. The van der Waals surface area contributed by atoms with Crippen molar-refractivity contribution in [1.82, 2.24) is 10.6 Å². The first-order valence-electron chi connectivity index (χ1n) is 17.0. The summed E-state index contributed by atoms with van der Waals surface area (Å²) < 4.78 is 0. The molecule has 0 aromatic rings. The molecule has 3 atom stereocenters. The summed E-state index contributed by atoms with van der Waals surface area (Å²) in [6, 6.07) is 0. The van der Waals surface area contributed by atoms with Crippen molar-refractivity contribution in [3.8, 4) is 0 Å². The van der Waals surface area contributed by atoms with Crippen LogP contribution in [0.25, 0.3) is 0 Å². The normalized spacial score (nSPS) is 18.8. The Morgan fingerprint density at radius 1 is 0.755 bits per heavy atom. The maximum absolute atomic E-state index is 13.1. The fourth-order valence-electron chi connectivity index (χ4n) is 5.28. The molecule has 0 aliphatic heterocycles. The Morgan fingerprint density at radius 2 is 1.19 bits per heavy atom. The predicted molar refractivity (Wildman–Crippen MR) is 197 cm³/mol. The van der Waals surface area contributed by atoms with Gasteiger partial charge in [0.1, 0.15) is 0 Å². The predicted octanol–water partition coefficient (Wildman–Crippen LogP) is -17.3. The summed E-state index contributed by atoms with van der Waals surface area (Å²) in [7, 11) is 0. The Kier molecular flexibility index (Phi) is 31.4. The molecule has 53 heavy (non-hydrogen) atoms. The topological polar surface area (TPSA) is 270 Å². The van der Waals surface area contributed by atoms with E-state index in [4.69, 9.17) is 34.4 Å². The maximum atomic E-state index is 13.1. The van der Waals surface area contributed by atoms with E-state index in [-0.39, 0.29) is 96.6 Å². The Morgan fingerprint density at radius 3 is 1.62 bits per heavy atom. The van der Waals surface area contributed by atoms with Crippen molar-refractivity contribution < 1.29 is 79.2 Å². The Hall–Kier alpha value is -3.72. The minimum Gasteiger partial charge on any atom is -1.00 e. The molecule has 14 nitrogen and oxygen atoms in total. The molecular weight excluding hydrogens is 762 g/mol. The van der Waals surface area contributed by atoms with E-state index in [0.29, 0.717) is 43.2 Å². The van der Waals surface area contributed by atoms with Crippen LogP contribution in [0.2, 0.25) is 0 Å². The van der Waals surface area contributed by atoms with Crippen LogP contribution >= 0.6 is 0 Å². The number of nitrogens with one attached hydrogen (secondary N) is 6. The number of carbonyl (C=O) groups excluding carboxylic acids is 2. The van der Waals surface area contributed by atoms with Crippen LogP contribution in [0.3, 0.4) is 0 Å². The number of amides is 2. The second-order valence-electron chi connectivity index (χ2n) is 13.2. The number of guanidine groups is 4. The lowest BCUT2D eigenvalue weighted by molar-refractivity contribution is -0.473. The van der Waals surface area contributed by atoms with Crippen LogP contribution in [0.1, 0.15) is 80.1 Å². The van der Waals surface area contributed by atoms with Crippen LogP contribution in [0, 0.1) is 17.3 Å². The van der Waals surface area contributed by atoms with Crippen LogP contribution in [-0.2, 0) is 9.59 Å². The molecule has 1 aliphatic carbocycles. The second kappa shape index (κ2) is 29.7. The van der Waals surface area contributed by atoms with Gasteiger partial charge in [0.2, 0.25) is 0 Å². The molecular formula is C35H64Cl4N12O2. The average Bonchev–Trinajstić information content (AvgIpc) is 3.01. The highest BCUT2D eigenvalue weighted by atomic mass is 35.5. The maximum Gasteiger partial charge on any atom is 0.348 e. The minimum absolute atomic E-state index is 0. The number of unbranched alkanes of at least 4 members (excludes halogenated alkanes) is 2. The van der Waals surface area contributed by atoms with Crippen molar-refractivity contribution in [2.45, 2.75) is 80.1 Å². The van der Waals surface area contributed by atoms with Gasteiger partial charge in [-0.05, 0) is 84.5 Å². The van der Waals surface area contributed by atoms with E-state index in [1.807, 2.05) is 12.2 Å². The molecule has 0 unspecified atom stereocenters. The van der Waals surface area contributed by atoms with Gasteiger partial charge in [-0.2, -0.15) is 0 Å². The van der Waals surface area contributed by atoms with Gasteiger partial charge in [-0.25, -0.2) is 10.6 Å². The minimum atomic E-state index is -0.325. The van der Waals surface area contributed by atoms with Crippen LogP contribution in [0.5, 0.6) is 0 Å². The lowest BCUT2D eigenvalue weighted by Gasteiger charge is -2.40. The zero-order chi connectivity index (χ0) is 37.0. The molecule has 1 rings (SSSR count). The van der Waals surface area contributed by atoms with Gasteiger partial charge < -0.3 is 49.6 Å². The first kappa shape index (κ1) is 56.0. The average molecular weight is 827 g/mol. The fourth-order valence-corrected chi connectivity index (χ4v) is 5.28. The molecule has 0 aromatic carbocycles. The number of allylic oxidation sites excluding steroid dienone is 8. The zero-order valence-electron chi connectivity index (χ0n) is 32.0. The van der Waals surface area contributed by atoms with E-state index in [0.717, 1.165) is 38.5 Å².